The second kappa shape index (κ2) is 5.06. The van der Waals surface area contributed by atoms with Crippen LogP contribution in [0.1, 0.15) is 11.1 Å². The Morgan fingerprint density at radius 1 is 1.14 bits per heavy atom. The zero-order valence-corrected chi connectivity index (χ0v) is 12.4. The topological polar surface area (TPSA) is 63.9 Å². The molecule has 0 fully saturated rings. The highest BCUT2D eigenvalue weighted by Crippen LogP contribution is 2.20. The number of benzene rings is 1. The number of hydrogen-bond acceptors (Lipinski definition) is 4. The van der Waals surface area contributed by atoms with Crippen LogP contribution in [0.25, 0.3) is 11.2 Å². The van der Waals surface area contributed by atoms with E-state index in [4.69, 9.17) is 11.6 Å². The quantitative estimate of drug-likeness (QED) is 0.598. The van der Waals surface area contributed by atoms with Gasteiger partial charge in [-0.25, -0.2) is 9.78 Å². The van der Waals surface area contributed by atoms with E-state index in [0.717, 1.165) is 6.42 Å². The third kappa shape index (κ3) is 2.12. The molecule has 0 bridgehead atoms. The van der Waals surface area contributed by atoms with E-state index >= 15 is 0 Å². The van der Waals surface area contributed by atoms with Gasteiger partial charge in [-0.1, -0.05) is 41.1 Å². The Hall–Kier alpha value is -2.47. The average Bonchev–Trinajstić information content (AvgIpc) is 2.96. The maximum atomic E-state index is 12.7. The number of amides is 1. The van der Waals surface area contributed by atoms with E-state index in [-0.39, 0.29) is 6.03 Å². The molecule has 1 amide bonds. The fourth-order valence-electron chi connectivity index (χ4n) is 2.73. The van der Waals surface area contributed by atoms with Crippen LogP contribution < -0.4 is 0 Å². The molecule has 1 aliphatic rings. The molecule has 0 radical (unpaired) electrons. The molecule has 2 aromatic heterocycles. The fourth-order valence-corrected chi connectivity index (χ4v) is 2.87. The van der Waals surface area contributed by atoms with E-state index in [1.54, 1.807) is 17.0 Å². The van der Waals surface area contributed by atoms with Crippen molar-refractivity contribution in [3.63, 3.8) is 0 Å². The Bertz CT molecular complexity index is 875. The van der Waals surface area contributed by atoms with Gasteiger partial charge in [-0.15, -0.1) is 5.10 Å². The summed E-state index contributed by atoms with van der Waals surface area (Å²) >= 11 is 5.83. The fraction of sp³-hybridized carbons (Fsp3) is 0.200. The van der Waals surface area contributed by atoms with E-state index in [2.05, 4.69) is 27.4 Å². The van der Waals surface area contributed by atoms with Crippen LogP contribution in [0.15, 0.2) is 36.4 Å². The van der Waals surface area contributed by atoms with Gasteiger partial charge in [-0.05, 0) is 29.7 Å². The minimum absolute atomic E-state index is 0.193. The first-order valence-corrected chi connectivity index (χ1v) is 7.34. The van der Waals surface area contributed by atoms with E-state index < -0.39 is 0 Å². The zero-order chi connectivity index (χ0) is 15.1. The van der Waals surface area contributed by atoms with Gasteiger partial charge in [0.15, 0.2) is 0 Å². The standard InChI is InChI=1S/C15H12ClN5O/c16-13-6-5-12-14(17-13)18-19-21(12)15(22)20-8-7-10-3-1-2-4-11(10)9-20/h1-6H,7-9H2. The molecule has 1 aromatic carbocycles. The van der Waals surface area contributed by atoms with Crippen molar-refractivity contribution in [1.29, 1.82) is 0 Å². The van der Waals surface area contributed by atoms with Crippen molar-refractivity contribution in [2.75, 3.05) is 6.54 Å². The summed E-state index contributed by atoms with van der Waals surface area (Å²) in [5, 5.41) is 8.16. The number of rotatable bonds is 0. The summed E-state index contributed by atoms with van der Waals surface area (Å²) in [5.74, 6) is 0. The molecule has 0 N–H and O–H groups in total. The van der Waals surface area contributed by atoms with Crippen molar-refractivity contribution in [2.24, 2.45) is 0 Å². The molecule has 0 unspecified atom stereocenters. The van der Waals surface area contributed by atoms with Crippen LogP contribution in [0.5, 0.6) is 0 Å². The maximum Gasteiger partial charge on any atom is 0.347 e. The number of carbonyl (C=O) groups excluding carboxylic acids is 1. The third-order valence-electron chi connectivity index (χ3n) is 3.86. The van der Waals surface area contributed by atoms with Crippen LogP contribution in [0, 0.1) is 0 Å². The monoisotopic (exact) mass is 313 g/mol. The third-order valence-corrected chi connectivity index (χ3v) is 4.07. The number of nitrogens with zero attached hydrogens (tertiary/aromatic N) is 5. The van der Waals surface area contributed by atoms with Crippen LogP contribution in [-0.2, 0) is 13.0 Å². The maximum absolute atomic E-state index is 12.7. The summed E-state index contributed by atoms with van der Waals surface area (Å²) in [6.07, 6.45) is 0.846. The minimum atomic E-state index is -0.193. The van der Waals surface area contributed by atoms with Crippen LogP contribution in [-0.4, -0.2) is 37.5 Å². The van der Waals surface area contributed by atoms with Crippen molar-refractivity contribution in [2.45, 2.75) is 13.0 Å². The summed E-state index contributed by atoms with van der Waals surface area (Å²) in [7, 11) is 0. The lowest BCUT2D eigenvalue weighted by Crippen LogP contribution is -2.39. The van der Waals surface area contributed by atoms with Gasteiger partial charge in [-0.3, -0.25) is 0 Å². The Morgan fingerprint density at radius 3 is 2.82 bits per heavy atom. The summed E-state index contributed by atoms with van der Waals surface area (Å²) in [6.45, 7) is 1.25. The number of halogens is 1. The van der Waals surface area contributed by atoms with Crippen molar-refractivity contribution in [1.82, 2.24) is 24.9 Å². The SMILES string of the molecule is O=C(N1CCc2ccccc2C1)n1nnc2nc(Cl)ccc21. The second-order valence-electron chi connectivity index (χ2n) is 5.20. The molecule has 3 aromatic rings. The van der Waals surface area contributed by atoms with Crippen molar-refractivity contribution >= 4 is 28.8 Å². The van der Waals surface area contributed by atoms with Gasteiger partial charge in [-0.2, -0.15) is 4.68 Å². The number of carbonyl (C=O) groups is 1. The van der Waals surface area contributed by atoms with Gasteiger partial charge in [0.05, 0.1) is 0 Å². The number of hydrogen-bond donors (Lipinski definition) is 0. The molecule has 0 saturated carbocycles. The Morgan fingerprint density at radius 2 is 1.95 bits per heavy atom. The molecule has 0 saturated heterocycles. The van der Waals surface area contributed by atoms with Crippen LogP contribution in [0.4, 0.5) is 4.79 Å². The van der Waals surface area contributed by atoms with Crippen molar-refractivity contribution in [3.05, 3.63) is 52.7 Å². The van der Waals surface area contributed by atoms with Gasteiger partial charge in [0, 0.05) is 13.1 Å². The van der Waals surface area contributed by atoms with Crippen molar-refractivity contribution < 1.29 is 4.79 Å². The van der Waals surface area contributed by atoms with Crippen molar-refractivity contribution in [3.8, 4) is 0 Å². The number of pyridine rings is 1. The molecule has 1 aliphatic heterocycles. The molecule has 4 rings (SSSR count). The zero-order valence-electron chi connectivity index (χ0n) is 11.6. The predicted octanol–water partition coefficient (Wildman–Crippen LogP) is 2.51. The number of aromatic nitrogens is 4. The molecule has 7 heteroatoms. The predicted molar refractivity (Wildman–Crippen MR) is 81.7 cm³/mol. The summed E-state index contributed by atoms with van der Waals surface area (Å²) in [5.41, 5.74) is 3.41. The van der Waals surface area contributed by atoms with E-state index in [9.17, 15) is 4.79 Å². The first-order chi connectivity index (χ1) is 10.7. The van der Waals surface area contributed by atoms with Gasteiger partial charge in [0.25, 0.3) is 0 Å². The van der Waals surface area contributed by atoms with Crippen LogP contribution >= 0.6 is 11.6 Å². The first-order valence-electron chi connectivity index (χ1n) is 6.96. The number of fused-ring (bicyclic) bond motifs is 2. The lowest BCUT2D eigenvalue weighted by molar-refractivity contribution is 0.191. The Balaban J connectivity index is 1.67. The molecule has 22 heavy (non-hydrogen) atoms. The van der Waals surface area contributed by atoms with Gasteiger partial charge in [0.2, 0.25) is 5.65 Å². The van der Waals surface area contributed by atoms with Gasteiger partial charge >= 0.3 is 6.03 Å². The lowest BCUT2D eigenvalue weighted by Gasteiger charge is -2.28. The molecule has 0 aliphatic carbocycles. The molecule has 110 valence electrons. The summed E-state index contributed by atoms with van der Waals surface area (Å²) in [6, 6.07) is 11.3. The Kier molecular flexibility index (Phi) is 3.04. The lowest BCUT2D eigenvalue weighted by atomic mass is 10.0. The molecular weight excluding hydrogens is 302 g/mol. The van der Waals surface area contributed by atoms with Crippen LogP contribution in [0.2, 0.25) is 5.15 Å². The molecule has 0 spiro atoms. The highest BCUT2D eigenvalue weighted by atomic mass is 35.5. The van der Waals surface area contributed by atoms with E-state index in [1.165, 1.54) is 15.8 Å². The van der Waals surface area contributed by atoms with Gasteiger partial charge in [0.1, 0.15) is 10.7 Å². The van der Waals surface area contributed by atoms with Crippen LogP contribution in [0.3, 0.4) is 0 Å². The Labute approximate surface area is 131 Å². The second-order valence-corrected chi connectivity index (χ2v) is 5.59. The highest BCUT2D eigenvalue weighted by Gasteiger charge is 2.24. The molecule has 0 atom stereocenters. The molecule has 6 nitrogen and oxygen atoms in total. The van der Waals surface area contributed by atoms with E-state index in [0.29, 0.717) is 29.4 Å². The smallest absolute Gasteiger partial charge is 0.318 e. The largest absolute Gasteiger partial charge is 0.347 e. The first kappa shape index (κ1) is 13.2. The highest BCUT2D eigenvalue weighted by molar-refractivity contribution is 6.29. The average molecular weight is 314 g/mol. The minimum Gasteiger partial charge on any atom is -0.318 e. The molecule has 3 heterocycles. The van der Waals surface area contributed by atoms with E-state index in [1.807, 2.05) is 12.1 Å². The molecular formula is C15H12ClN5O. The summed E-state index contributed by atoms with van der Waals surface area (Å²) in [4.78, 5) is 18.5. The summed E-state index contributed by atoms with van der Waals surface area (Å²) < 4.78 is 1.28. The van der Waals surface area contributed by atoms with Gasteiger partial charge < -0.3 is 4.90 Å². The normalized spacial score (nSPS) is 14.1.